The smallest absolute Gasteiger partial charge is 0.0375 e. The van der Waals surface area contributed by atoms with Crippen molar-refractivity contribution in [3.05, 3.63) is 29.6 Å². The van der Waals surface area contributed by atoms with E-state index in [1.54, 1.807) is 0 Å². The predicted octanol–water partition coefficient (Wildman–Crippen LogP) is 0.936. The first kappa shape index (κ1) is 9.31. The van der Waals surface area contributed by atoms with E-state index in [-0.39, 0.29) is 0 Å². The summed E-state index contributed by atoms with van der Waals surface area (Å²) in [5.74, 6) is 0. The molecule has 1 aromatic heterocycles. The van der Waals surface area contributed by atoms with Gasteiger partial charge >= 0.3 is 0 Å². The molecule has 0 amide bonds. The van der Waals surface area contributed by atoms with Crippen LogP contribution < -0.4 is 5.32 Å². The topological polar surface area (TPSA) is 28.2 Å². The summed E-state index contributed by atoms with van der Waals surface area (Å²) in [6, 6.07) is 5.88. The molecule has 3 heteroatoms. The number of piperidine rings is 1. The van der Waals surface area contributed by atoms with Crippen molar-refractivity contribution in [2.24, 2.45) is 0 Å². The highest BCUT2D eigenvalue weighted by Crippen LogP contribution is 2.29. The third kappa shape index (κ3) is 1.66. The lowest BCUT2D eigenvalue weighted by molar-refractivity contribution is -0.0207. The van der Waals surface area contributed by atoms with Crippen LogP contribution in [0.3, 0.4) is 0 Å². The van der Waals surface area contributed by atoms with Gasteiger partial charge in [0.05, 0.1) is 0 Å². The molecule has 80 valence electrons. The lowest BCUT2D eigenvalue weighted by Crippen LogP contribution is -2.67. The average molecular weight is 203 g/mol. The number of nitrogens with one attached hydrogen (secondary N) is 1. The van der Waals surface area contributed by atoms with Crippen LogP contribution in [0.2, 0.25) is 0 Å². The Morgan fingerprint density at radius 2 is 2.27 bits per heavy atom. The third-order valence-electron chi connectivity index (χ3n) is 3.57. The van der Waals surface area contributed by atoms with Crippen LogP contribution in [0.4, 0.5) is 0 Å². The molecule has 2 unspecified atom stereocenters. The summed E-state index contributed by atoms with van der Waals surface area (Å²) < 4.78 is 0. The molecule has 1 aromatic rings. The van der Waals surface area contributed by atoms with Crippen molar-refractivity contribution >= 4 is 0 Å². The number of pyridine rings is 1. The SMILES string of the molecule is Cc1cc(CN2C3CNCC2C3)ccn1. The predicted molar refractivity (Wildman–Crippen MR) is 59.6 cm³/mol. The van der Waals surface area contributed by atoms with Crippen LogP contribution in [-0.2, 0) is 6.54 Å². The van der Waals surface area contributed by atoms with E-state index in [1.165, 1.54) is 25.1 Å². The van der Waals surface area contributed by atoms with Gasteiger partial charge in [0, 0.05) is 43.6 Å². The number of hydrogen-bond donors (Lipinski definition) is 1. The van der Waals surface area contributed by atoms with Crippen molar-refractivity contribution in [1.29, 1.82) is 0 Å². The molecule has 3 nitrogen and oxygen atoms in total. The maximum Gasteiger partial charge on any atom is 0.0375 e. The maximum absolute atomic E-state index is 4.23. The number of hydrogen-bond acceptors (Lipinski definition) is 3. The molecule has 0 aromatic carbocycles. The fourth-order valence-corrected chi connectivity index (χ4v) is 2.73. The highest BCUT2D eigenvalue weighted by atomic mass is 15.3. The molecule has 1 N–H and O–H groups in total. The first-order chi connectivity index (χ1) is 7.33. The van der Waals surface area contributed by atoms with Crippen LogP contribution in [0.25, 0.3) is 0 Å². The first-order valence-electron chi connectivity index (χ1n) is 5.71. The van der Waals surface area contributed by atoms with E-state index in [4.69, 9.17) is 0 Å². The minimum absolute atomic E-state index is 0.775. The van der Waals surface area contributed by atoms with Crippen molar-refractivity contribution in [3.63, 3.8) is 0 Å². The molecule has 0 saturated carbocycles. The number of piperazine rings is 1. The van der Waals surface area contributed by atoms with Gasteiger partial charge in [-0.25, -0.2) is 0 Å². The van der Waals surface area contributed by atoms with Gasteiger partial charge in [-0.05, 0) is 31.0 Å². The summed E-state index contributed by atoms with van der Waals surface area (Å²) in [5, 5.41) is 3.46. The zero-order valence-corrected chi connectivity index (χ0v) is 9.11. The third-order valence-corrected chi connectivity index (χ3v) is 3.57. The van der Waals surface area contributed by atoms with Crippen molar-refractivity contribution in [2.75, 3.05) is 13.1 Å². The summed E-state index contributed by atoms with van der Waals surface area (Å²) in [6.07, 6.45) is 3.30. The molecule has 2 fully saturated rings. The molecule has 2 bridgehead atoms. The molecule has 0 spiro atoms. The summed E-state index contributed by atoms with van der Waals surface area (Å²) in [5.41, 5.74) is 2.52. The minimum Gasteiger partial charge on any atom is -0.314 e. The Bertz CT molecular complexity index is 350. The quantitative estimate of drug-likeness (QED) is 0.775. The Hall–Kier alpha value is -0.930. The van der Waals surface area contributed by atoms with Gasteiger partial charge in [0.1, 0.15) is 0 Å². The van der Waals surface area contributed by atoms with E-state index in [2.05, 4.69) is 34.3 Å². The highest BCUT2D eigenvalue weighted by molar-refractivity contribution is 5.17. The summed E-state index contributed by atoms with van der Waals surface area (Å²) in [4.78, 5) is 6.85. The minimum atomic E-state index is 0.775. The van der Waals surface area contributed by atoms with Gasteiger partial charge < -0.3 is 5.32 Å². The first-order valence-corrected chi connectivity index (χ1v) is 5.71. The fourth-order valence-electron chi connectivity index (χ4n) is 2.73. The van der Waals surface area contributed by atoms with Crippen molar-refractivity contribution < 1.29 is 0 Å². The normalized spacial score (nSPS) is 29.9. The molecule has 3 rings (SSSR count). The molecule has 2 atom stereocenters. The van der Waals surface area contributed by atoms with Gasteiger partial charge in [-0.2, -0.15) is 0 Å². The van der Waals surface area contributed by atoms with E-state index in [0.717, 1.165) is 24.3 Å². The van der Waals surface area contributed by atoms with Gasteiger partial charge in [-0.3, -0.25) is 9.88 Å². The molecule has 15 heavy (non-hydrogen) atoms. The summed E-state index contributed by atoms with van der Waals surface area (Å²) in [6.45, 7) is 5.49. The van der Waals surface area contributed by atoms with Gasteiger partial charge in [-0.1, -0.05) is 0 Å². The van der Waals surface area contributed by atoms with Crippen LogP contribution in [0.1, 0.15) is 17.7 Å². The van der Waals surface area contributed by atoms with Crippen LogP contribution in [0.15, 0.2) is 18.3 Å². The van der Waals surface area contributed by atoms with Crippen molar-refractivity contribution in [3.8, 4) is 0 Å². The van der Waals surface area contributed by atoms with Crippen molar-refractivity contribution in [2.45, 2.75) is 32.0 Å². The number of aromatic nitrogens is 1. The number of aryl methyl sites for hydroxylation is 1. The second-order valence-electron chi connectivity index (χ2n) is 4.68. The number of rotatable bonds is 2. The molecule has 2 aliphatic heterocycles. The molecular weight excluding hydrogens is 186 g/mol. The number of fused-ring (bicyclic) bond motifs is 2. The molecule has 0 radical (unpaired) electrons. The zero-order chi connectivity index (χ0) is 10.3. The van der Waals surface area contributed by atoms with Crippen LogP contribution in [-0.4, -0.2) is 35.1 Å². The summed E-state index contributed by atoms with van der Waals surface area (Å²) in [7, 11) is 0. The Labute approximate surface area is 90.5 Å². The highest BCUT2D eigenvalue weighted by Gasteiger charge is 2.40. The number of nitrogens with zero attached hydrogens (tertiary/aromatic N) is 2. The molecule has 2 saturated heterocycles. The van der Waals surface area contributed by atoms with Gasteiger partial charge in [0.15, 0.2) is 0 Å². The molecule has 2 aliphatic rings. The van der Waals surface area contributed by atoms with Crippen LogP contribution in [0, 0.1) is 6.92 Å². The lowest BCUT2D eigenvalue weighted by atomic mass is 9.88. The van der Waals surface area contributed by atoms with E-state index in [1.807, 2.05) is 6.20 Å². The fraction of sp³-hybridized carbons (Fsp3) is 0.583. The van der Waals surface area contributed by atoms with Gasteiger partial charge in [-0.15, -0.1) is 0 Å². The average Bonchev–Trinajstić information content (AvgIpc) is 2.27. The van der Waals surface area contributed by atoms with E-state index >= 15 is 0 Å². The van der Waals surface area contributed by atoms with E-state index in [9.17, 15) is 0 Å². The largest absolute Gasteiger partial charge is 0.314 e. The maximum atomic E-state index is 4.23. The second-order valence-corrected chi connectivity index (χ2v) is 4.68. The van der Waals surface area contributed by atoms with Crippen molar-refractivity contribution in [1.82, 2.24) is 15.2 Å². The Balaban J connectivity index is 1.70. The second kappa shape index (κ2) is 3.58. The monoisotopic (exact) mass is 203 g/mol. The van der Waals surface area contributed by atoms with Gasteiger partial charge in [0.2, 0.25) is 0 Å². The Kier molecular flexibility index (Phi) is 2.22. The molecule has 3 heterocycles. The molecular formula is C12H17N3. The Morgan fingerprint density at radius 1 is 1.47 bits per heavy atom. The van der Waals surface area contributed by atoms with Crippen LogP contribution in [0.5, 0.6) is 0 Å². The van der Waals surface area contributed by atoms with Gasteiger partial charge in [0.25, 0.3) is 0 Å². The lowest BCUT2D eigenvalue weighted by Gasteiger charge is -2.53. The van der Waals surface area contributed by atoms with Crippen LogP contribution >= 0.6 is 0 Å². The zero-order valence-electron chi connectivity index (χ0n) is 9.11. The standard InChI is InChI=1S/C12H17N3/c1-9-4-10(2-3-14-9)8-15-11-5-12(15)7-13-6-11/h2-4,11-13H,5-8H2,1H3. The molecule has 0 aliphatic carbocycles. The Morgan fingerprint density at radius 3 is 2.93 bits per heavy atom. The summed E-state index contributed by atoms with van der Waals surface area (Å²) >= 11 is 0. The van der Waals surface area contributed by atoms with E-state index < -0.39 is 0 Å². The van der Waals surface area contributed by atoms with E-state index in [0.29, 0.717) is 0 Å².